The van der Waals surface area contributed by atoms with Crippen molar-refractivity contribution in [3.8, 4) is 0 Å². The van der Waals surface area contributed by atoms with Gasteiger partial charge < -0.3 is 5.11 Å². The van der Waals surface area contributed by atoms with Crippen molar-refractivity contribution in [3.05, 3.63) is 34.1 Å². The number of rotatable bonds is 1. The van der Waals surface area contributed by atoms with Gasteiger partial charge in [-0.15, -0.1) is 0 Å². The minimum Gasteiger partial charge on any atom is -0.385 e. The lowest BCUT2D eigenvalue weighted by Crippen LogP contribution is -2.29. The van der Waals surface area contributed by atoms with Crippen LogP contribution in [-0.2, 0) is 5.60 Å². The minimum absolute atomic E-state index is 0.303. The average molecular weight is 273 g/mol. The molecule has 2 rings (SSSR count). The van der Waals surface area contributed by atoms with E-state index in [1.165, 1.54) is 6.07 Å². The highest BCUT2D eigenvalue weighted by Gasteiger charge is 2.33. The lowest BCUT2D eigenvalue weighted by Gasteiger charge is -2.32. The van der Waals surface area contributed by atoms with Crippen molar-refractivity contribution in [1.82, 2.24) is 0 Å². The van der Waals surface area contributed by atoms with Gasteiger partial charge in [0.25, 0.3) is 0 Å². The van der Waals surface area contributed by atoms with Crippen LogP contribution in [0.5, 0.6) is 0 Å². The molecule has 3 heteroatoms. The molecular weight excluding hydrogens is 259 g/mol. The van der Waals surface area contributed by atoms with Crippen LogP contribution in [0.3, 0.4) is 0 Å². The van der Waals surface area contributed by atoms with Crippen molar-refractivity contribution in [2.45, 2.75) is 37.7 Å². The molecule has 0 heterocycles. The van der Waals surface area contributed by atoms with E-state index in [1.807, 2.05) is 0 Å². The van der Waals surface area contributed by atoms with Gasteiger partial charge in [0.2, 0.25) is 0 Å². The molecule has 0 aliphatic heterocycles. The van der Waals surface area contributed by atoms with Crippen molar-refractivity contribution < 1.29 is 9.50 Å². The summed E-state index contributed by atoms with van der Waals surface area (Å²) in [5, 5.41) is 10.4. The van der Waals surface area contributed by atoms with Gasteiger partial charge >= 0.3 is 0 Å². The highest BCUT2D eigenvalue weighted by Crippen LogP contribution is 2.38. The van der Waals surface area contributed by atoms with Gasteiger partial charge in [-0.05, 0) is 31.0 Å². The summed E-state index contributed by atoms with van der Waals surface area (Å²) >= 11 is 3.31. The number of hydrogen-bond donors (Lipinski definition) is 1. The van der Waals surface area contributed by atoms with Crippen molar-refractivity contribution in [2.75, 3.05) is 0 Å². The van der Waals surface area contributed by atoms with Crippen LogP contribution in [0.15, 0.2) is 22.7 Å². The first-order chi connectivity index (χ1) is 7.12. The summed E-state index contributed by atoms with van der Waals surface area (Å²) in [5.74, 6) is -0.303. The Morgan fingerprint density at radius 2 is 1.87 bits per heavy atom. The molecule has 1 aromatic rings. The summed E-state index contributed by atoms with van der Waals surface area (Å²) in [7, 11) is 0. The van der Waals surface area contributed by atoms with Crippen molar-refractivity contribution in [3.63, 3.8) is 0 Å². The Hall–Kier alpha value is -0.410. The zero-order chi connectivity index (χ0) is 10.9. The maximum atomic E-state index is 13.6. The van der Waals surface area contributed by atoms with Crippen molar-refractivity contribution in [1.29, 1.82) is 0 Å². The third-order valence-electron chi connectivity index (χ3n) is 3.11. The molecule has 0 unspecified atom stereocenters. The van der Waals surface area contributed by atoms with Crippen molar-refractivity contribution >= 4 is 15.9 Å². The van der Waals surface area contributed by atoms with Crippen LogP contribution in [0.25, 0.3) is 0 Å². The molecule has 82 valence electrons. The summed E-state index contributed by atoms with van der Waals surface area (Å²) in [6.07, 6.45) is 4.42. The molecule has 0 radical (unpaired) electrons. The van der Waals surface area contributed by atoms with Crippen LogP contribution < -0.4 is 0 Å². The molecule has 1 fully saturated rings. The molecular formula is C12H14BrFO. The summed E-state index contributed by atoms with van der Waals surface area (Å²) in [6, 6.07) is 4.76. The molecule has 1 aliphatic carbocycles. The smallest absolute Gasteiger partial charge is 0.129 e. The first kappa shape index (κ1) is 11.1. The van der Waals surface area contributed by atoms with E-state index in [4.69, 9.17) is 0 Å². The maximum Gasteiger partial charge on any atom is 0.129 e. The number of halogens is 2. The Labute approximate surface area is 97.4 Å². The maximum absolute atomic E-state index is 13.6. The molecule has 1 aromatic carbocycles. The Balaban J connectivity index is 2.38. The summed E-state index contributed by atoms with van der Waals surface area (Å²) in [6.45, 7) is 0. The summed E-state index contributed by atoms with van der Waals surface area (Å²) in [5.41, 5.74) is -0.511. The van der Waals surface area contributed by atoms with Crippen LogP contribution in [-0.4, -0.2) is 5.11 Å². The second kappa shape index (κ2) is 4.22. The number of benzene rings is 1. The fourth-order valence-electron chi connectivity index (χ4n) is 2.26. The molecule has 0 bridgehead atoms. The zero-order valence-electron chi connectivity index (χ0n) is 8.47. The second-order valence-corrected chi connectivity index (χ2v) is 5.13. The van der Waals surface area contributed by atoms with E-state index < -0.39 is 5.60 Å². The van der Waals surface area contributed by atoms with Gasteiger partial charge in [-0.1, -0.05) is 35.2 Å². The van der Waals surface area contributed by atoms with Gasteiger partial charge in [-0.25, -0.2) is 4.39 Å². The van der Waals surface area contributed by atoms with Gasteiger partial charge in [0, 0.05) is 10.0 Å². The molecule has 15 heavy (non-hydrogen) atoms. The average Bonchev–Trinajstić information content (AvgIpc) is 2.23. The Kier molecular flexibility index (Phi) is 3.12. The summed E-state index contributed by atoms with van der Waals surface area (Å²) < 4.78 is 14.4. The van der Waals surface area contributed by atoms with Gasteiger partial charge in [0.05, 0.1) is 5.60 Å². The first-order valence-electron chi connectivity index (χ1n) is 5.30. The minimum atomic E-state index is -0.952. The summed E-state index contributed by atoms with van der Waals surface area (Å²) in [4.78, 5) is 0. The monoisotopic (exact) mass is 272 g/mol. The quantitative estimate of drug-likeness (QED) is 0.826. The SMILES string of the molecule is OC1(c2cc(Br)ccc2F)CCCCC1. The van der Waals surface area contributed by atoms with Gasteiger partial charge in [0.1, 0.15) is 5.82 Å². The standard InChI is InChI=1S/C12H14BrFO/c13-9-4-5-11(14)10(8-9)12(15)6-2-1-3-7-12/h4-5,8,15H,1-3,6-7H2. The molecule has 1 aliphatic rings. The predicted octanol–water partition coefficient (Wildman–Crippen LogP) is 3.74. The molecule has 0 saturated heterocycles. The lowest BCUT2D eigenvalue weighted by molar-refractivity contribution is -0.00378. The Bertz CT molecular complexity index is 359. The van der Waals surface area contributed by atoms with E-state index in [0.717, 1.165) is 23.7 Å². The largest absolute Gasteiger partial charge is 0.385 e. The molecule has 1 nitrogen and oxygen atoms in total. The first-order valence-corrected chi connectivity index (χ1v) is 6.09. The molecule has 0 atom stereocenters. The van der Waals surface area contributed by atoms with E-state index in [0.29, 0.717) is 18.4 Å². The fraction of sp³-hybridized carbons (Fsp3) is 0.500. The second-order valence-electron chi connectivity index (χ2n) is 4.22. The van der Waals surface area contributed by atoms with Gasteiger partial charge in [-0.3, -0.25) is 0 Å². The molecule has 0 spiro atoms. The number of hydrogen-bond acceptors (Lipinski definition) is 1. The van der Waals surface area contributed by atoms with Crippen LogP contribution in [0.1, 0.15) is 37.7 Å². The molecule has 1 N–H and O–H groups in total. The van der Waals surface area contributed by atoms with Crippen LogP contribution in [0.2, 0.25) is 0 Å². The van der Waals surface area contributed by atoms with E-state index in [9.17, 15) is 9.50 Å². The third-order valence-corrected chi connectivity index (χ3v) is 3.60. The third kappa shape index (κ3) is 2.23. The normalized spacial score (nSPS) is 20.2. The topological polar surface area (TPSA) is 20.2 Å². The highest BCUT2D eigenvalue weighted by atomic mass is 79.9. The van der Waals surface area contributed by atoms with Crippen LogP contribution in [0.4, 0.5) is 4.39 Å². The lowest BCUT2D eigenvalue weighted by atomic mass is 9.79. The zero-order valence-corrected chi connectivity index (χ0v) is 10.1. The number of aliphatic hydroxyl groups is 1. The van der Waals surface area contributed by atoms with Crippen molar-refractivity contribution in [2.24, 2.45) is 0 Å². The van der Waals surface area contributed by atoms with Crippen LogP contribution >= 0.6 is 15.9 Å². The van der Waals surface area contributed by atoms with E-state index in [-0.39, 0.29) is 5.82 Å². The molecule has 0 amide bonds. The predicted molar refractivity (Wildman–Crippen MR) is 61.1 cm³/mol. The fourth-order valence-corrected chi connectivity index (χ4v) is 2.62. The van der Waals surface area contributed by atoms with E-state index in [2.05, 4.69) is 15.9 Å². The molecule has 1 saturated carbocycles. The Morgan fingerprint density at radius 1 is 1.20 bits per heavy atom. The highest BCUT2D eigenvalue weighted by molar-refractivity contribution is 9.10. The Morgan fingerprint density at radius 3 is 2.53 bits per heavy atom. The van der Waals surface area contributed by atoms with Gasteiger partial charge in [0.15, 0.2) is 0 Å². The van der Waals surface area contributed by atoms with E-state index >= 15 is 0 Å². The molecule has 0 aromatic heterocycles. The van der Waals surface area contributed by atoms with Crippen LogP contribution in [0, 0.1) is 5.82 Å². The van der Waals surface area contributed by atoms with Gasteiger partial charge in [-0.2, -0.15) is 0 Å². The van der Waals surface area contributed by atoms with E-state index in [1.54, 1.807) is 12.1 Å².